The first kappa shape index (κ1) is 17.9. The van der Waals surface area contributed by atoms with E-state index >= 15 is 0 Å². The number of imidazole rings is 1. The van der Waals surface area contributed by atoms with E-state index in [9.17, 15) is 9.59 Å². The second kappa shape index (κ2) is 7.88. The molecule has 128 valence electrons. The summed E-state index contributed by atoms with van der Waals surface area (Å²) >= 11 is 0. The van der Waals surface area contributed by atoms with Gasteiger partial charge in [-0.15, -0.1) is 0 Å². The van der Waals surface area contributed by atoms with Gasteiger partial charge in [0.15, 0.2) is 11.6 Å². The third kappa shape index (κ3) is 4.29. The molecule has 0 aliphatic heterocycles. The molecule has 0 atom stereocenters. The number of hydrogen-bond donors (Lipinski definition) is 1. The highest BCUT2D eigenvalue weighted by Crippen LogP contribution is 2.21. The number of ketones is 1. The Labute approximate surface area is 141 Å². The molecule has 2 aromatic rings. The molecule has 1 heterocycles. The summed E-state index contributed by atoms with van der Waals surface area (Å²) in [6.45, 7) is 8.17. The summed E-state index contributed by atoms with van der Waals surface area (Å²) in [7, 11) is 0. The van der Waals surface area contributed by atoms with Gasteiger partial charge in [0.05, 0.1) is 18.7 Å². The summed E-state index contributed by atoms with van der Waals surface area (Å²) in [6.07, 6.45) is 2.15. The Hall–Kier alpha value is -2.47. The Morgan fingerprint density at radius 2 is 2.04 bits per heavy atom. The van der Waals surface area contributed by atoms with Gasteiger partial charge in [-0.2, -0.15) is 0 Å². The van der Waals surface area contributed by atoms with Crippen molar-refractivity contribution in [2.24, 2.45) is 0 Å². The van der Waals surface area contributed by atoms with Gasteiger partial charge >= 0.3 is 0 Å². The van der Waals surface area contributed by atoms with Crippen molar-refractivity contribution in [1.29, 1.82) is 0 Å². The van der Waals surface area contributed by atoms with Crippen LogP contribution in [0.1, 0.15) is 42.1 Å². The van der Waals surface area contributed by atoms with Crippen molar-refractivity contribution in [1.82, 2.24) is 9.55 Å². The molecule has 0 aliphatic carbocycles. The van der Waals surface area contributed by atoms with E-state index in [4.69, 9.17) is 4.74 Å². The first-order valence-corrected chi connectivity index (χ1v) is 7.98. The zero-order chi connectivity index (χ0) is 17.7. The molecule has 0 saturated heterocycles. The Morgan fingerprint density at radius 3 is 2.67 bits per heavy atom. The normalized spacial score (nSPS) is 10.7. The number of amides is 1. The number of carbonyl (C=O) groups is 2. The molecule has 0 spiro atoms. The molecule has 24 heavy (non-hydrogen) atoms. The minimum absolute atomic E-state index is 0.0813. The molecule has 1 aromatic carbocycles. The van der Waals surface area contributed by atoms with Crippen LogP contribution in [0.3, 0.4) is 0 Å². The average molecular weight is 329 g/mol. The molecule has 0 radical (unpaired) electrons. The van der Waals surface area contributed by atoms with Crippen LogP contribution in [0, 0.1) is 13.8 Å². The fraction of sp³-hybridized carbons (Fsp3) is 0.389. The van der Waals surface area contributed by atoms with Gasteiger partial charge in [0.1, 0.15) is 0 Å². The van der Waals surface area contributed by atoms with E-state index in [0.29, 0.717) is 25.5 Å². The third-order valence-corrected chi connectivity index (χ3v) is 3.58. The van der Waals surface area contributed by atoms with E-state index < -0.39 is 0 Å². The lowest BCUT2D eigenvalue weighted by atomic mass is 10.1. The zero-order valence-corrected chi connectivity index (χ0v) is 14.5. The van der Waals surface area contributed by atoms with Gasteiger partial charge in [-0.3, -0.25) is 14.2 Å². The second-order valence-electron chi connectivity index (χ2n) is 5.63. The molecule has 2 rings (SSSR count). The summed E-state index contributed by atoms with van der Waals surface area (Å²) in [5, 5.41) is 2.88. The number of carbonyl (C=O) groups excluding carboxylic acids is 2. The fourth-order valence-electron chi connectivity index (χ4n) is 2.40. The molecule has 0 bridgehead atoms. The van der Waals surface area contributed by atoms with E-state index in [-0.39, 0.29) is 11.7 Å². The van der Waals surface area contributed by atoms with Crippen molar-refractivity contribution < 1.29 is 14.3 Å². The first-order chi connectivity index (χ1) is 11.4. The highest BCUT2D eigenvalue weighted by molar-refractivity contribution is 5.92. The number of Topliss-reactive ketones (excluding diaryl/α,β-unsaturated/α-hetero) is 1. The van der Waals surface area contributed by atoms with E-state index in [1.807, 2.05) is 45.2 Å². The molecule has 0 aliphatic rings. The van der Waals surface area contributed by atoms with Gasteiger partial charge < -0.3 is 10.1 Å². The minimum atomic E-state index is -0.0888. The summed E-state index contributed by atoms with van der Waals surface area (Å²) in [4.78, 5) is 27.9. The number of benzene rings is 1. The lowest BCUT2D eigenvalue weighted by Gasteiger charge is -2.12. The maximum absolute atomic E-state index is 11.9. The minimum Gasteiger partial charge on any atom is -0.381 e. The van der Waals surface area contributed by atoms with Crippen LogP contribution in [0.2, 0.25) is 0 Å². The number of hydrogen-bond acceptors (Lipinski definition) is 4. The Bertz CT molecular complexity index is 750. The maximum Gasteiger partial charge on any atom is 0.226 e. The van der Waals surface area contributed by atoms with E-state index in [1.165, 1.54) is 6.92 Å². The van der Waals surface area contributed by atoms with Gasteiger partial charge in [0.2, 0.25) is 5.91 Å². The molecular weight excluding hydrogens is 306 g/mol. The van der Waals surface area contributed by atoms with Crippen molar-refractivity contribution in [2.75, 3.05) is 18.5 Å². The zero-order valence-electron chi connectivity index (χ0n) is 14.5. The van der Waals surface area contributed by atoms with Crippen LogP contribution >= 0.6 is 0 Å². The highest BCUT2D eigenvalue weighted by Gasteiger charge is 2.13. The second-order valence-corrected chi connectivity index (χ2v) is 5.63. The molecule has 1 aromatic heterocycles. The fourth-order valence-corrected chi connectivity index (χ4v) is 2.40. The van der Waals surface area contributed by atoms with Gasteiger partial charge in [-0.1, -0.05) is 0 Å². The van der Waals surface area contributed by atoms with Crippen molar-refractivity contribution in [3.8, 4) is 5.69 Å². The Kier molecular flexibility index (Phi) is 5.87. The molecule has 0 fully saturated rings. The first-order valence-electron chi connectivity index (χ1n) is 7.98. The topological polar surface area (TPSA) is 73.2 Å². The molecule has 0 unspecified atom stereocenters. The quantitative estimate of drug-likeness (QED) is 0.626. The molecule has 0 saturated carbocycles. The number of aromatic nitrogens is 2. The highest BCUT2D eigenvalue weighted by atomic mass is 16.5. The van der Waals surface area contributed by atoms with Gasteiger partial charge in [-0.05, 0) is 44.5 Å². The molecule has 6 nitrogen and oxygen atoms in total. The van der Waals surface area contributed by atoms with E-state index in [1.54, 1.807) is 4.57 Å². The summed E-state index contributed by atoms with van der Waals surface area (Å²) in [6, 6.07) is 5.62. The number of nitrogens with zero attached hydrogens (tertiary/aromatic N) is 2. The maximum atomic E-state index is 11.9. The Morgan fingerprint density at radius 1 is 1.29 bits per heavy atom. The summed E-state index contributed by atoms with van der Waals surface area (Å²) < 4.78 is 6.95. The Balaban J connectivity index is 2.18. The molecule has 6 heteroatoms. The number of aryl methyl sites for hydroxylation is 2. The summed E-state index contributed by atoms with van der Waals surface area (Å²) in [5.74, 6) is 0.233. The van der Waals surface area contributed by atoms with Crippen molar-refractivity contribution in [2.45, 2.75) is 34.1 Å². The third-order valence-electron chi connectivity index (χ3n) is 3.58. The van der Waals surface area contributed by atoms with Crippen LogP contribution in [-0.2, 0) is 9.53 Å². The number of rotatable bonds is 7. The van der Waals surface area contributed by atoms with Crippen LogP contribution in [0.15, 0.2) is 24.4 Å². The van der Waals surface area contributed by atoms with Crippen LogP contribution in [0.5, 0.6) is 0 Å². The standard InChI is InChI=1S/C18H23N3O3/c1-5-24-9-8-17(23)20-16-7-6-15(10-12(16)2)21-11-13(3)19-18(21)14(4)22/h6-7,10-11H,5,8-9H2,1-4H3,(H,20,23). The van der Waals surface area contributed by atoms with Crippen molar-refractivity contribution >= 4 is 17.4 Å². The van der Waals surface area contributed by atoms with Gasteiger partial charge in [-0.25, -0.2) is 4.98 Å². The van der Waals surface area contributed by atoms with Gasteiger partial charge in [0, 0.05) is 31.1 Å². The van der Waals surface area contributed by atoms with E-state index in [2.05, 4.69) is 10.3 Å². The molecule has 1 N–H and O–H groups in total. The lowest BCUT2D eigenvalue weighted by Crippen LogP contribution is -2.15. The lowest BCUT2D eigenvalue weighted by molar-refractivity contribution is -0.117. The van der Waals surface area contributed by atoms with Crippen LogP contribution in [0.25, 0.3) is 5.69 Å². The number of ether oxygens (including phenoxy) is 1. The summed E-state index contributed by atoms with van der Waals surface area (Å²) in [5.41, 5.74) is 3.29. The van der Waals surface area contributed by atoms with E-state index in [0.717, 1.165) is 22.6 Å². The van der Waals surface area contributed by atoms with Crippen LogP contribution in [-0.4, -0.2) is 34.5 Å². The van der Waals surface area contributed by atoms with Gasteiger partial charge in [0.25, 0.3) is 0 Å². The van der Waals surface area contributed by atoms with Crippen LogP contribution < -0.4 is 5.32 Å². The van der Waals surface area contributed by atoms with Crippen molar-refractivity contribution in [3.05, 3.63) is 41.5 Å². The molecule has 1 amide bonds. The number of anilines is 1. The van der Waals surface area contributed by atoms with Crippen molar-refractivity contribution in [3.63, 3.8) is 0 Å². The predicted octanol–water partition coefficient (Wildman–Crippen LogP) is 3.06. The predicted molar refractivity (Wildman–Crippen MR) is 92.8 cm³/mol. The number of nitrogens with one attached hydrogen (secondary N) is 1. The smallest absolute Gasteiger partial charge is 0.226 e. The monoisotopic (exact) mass is 329 g/mol. The van der Waals surface area contributed by atoms with Crippen LogP contribution in [0.4, 0.5) is 5.69 Å². The average Bonchev–Trinajstić information content (AvgIpc) is 2.92. The largest absolute Gasteiger partial charge is 0.381 e. The molecular formula is C18H23N3O3. The SMILES string of the molecule is CCOCCC(=O)Nc1ccc(-n2cc(C)nc2C(C)=O)cc1C.